The largest absolute Gasteiger partial charge is 0.363 e. The number of nitrogens with zero attached hydrogens (tertiary/aromatic N) is 1. The molecular weight excluding hydrogens is 313 g/mol. The number of halogens is 1. The summed E-state index contributed by atoms with van der Waals surface area (Å²) in [6, 6.07) is 25.0. The third-order valence-electron chi connectivity index (χ3n) is 4.06. The van der Waals surface area contributed by atoms with Crippen LogP contribution in [0.4, 0.5) is 10.1 Å². The van der Waals surface area contributed by atoms with Gasteiger partial charge in [0.2, 0.25) is 0 Å². The molecule has 3 aromatic rings. The van der Waals surface area contributed by atoms with Crippen LogP contribution in [0.25, 0.3) is 0 Å². The number of rotatable bonds is 7. The fourth-order valence-corrected chi connectivity index (χ4v) is 2.88. The van der Waals surface area contributed by atoms with E-state index in [1.165, 1.54) is 12.1 Å². The van der Waals surface area contributed by atoms with Crippen molar-refractivity contribution in [2.45, 2.75) is 19.5 Å². The molecule has 0 spiro atoms. The lowest BCUT2D eigenvalue weighted by atomic mass is 10.1. The van der Waals surface area contributed by atoms with Crippen molar-refractivity contribution in [2.24, 2.45) is 0 Å². The molecule has 0 saturated carbocycles. The summed E-state index contributed by atoms with van der Waals surface area (Å²) in [6.45, 7) is 1.33. The van der Waals surface area contributed by atoms with Gasteiger partial charge in [-0.05, 0) is 34.9 Å². The van der Waals surface area contributed by atoms with Gasteiger partial charge in [0.05, 0.1) is 0 Å². The van der Waals surface area contributed by atoms with Crippen molar-refractivity contribution in [3.05, 3.63) is 101 Å². The molecule has 0 N–H and O–H groups in total. The van der Waals surface area contributed by atoms with Gasteiger partial charge < -0.3 is 9.69 Å². The normalized spacial score (nSPS) is 10.4. The van der Waals surface area contributed by atoms with Crippen LogP contribution in [0.2, 0.25) is 0 Å². The molecule has 0 radical (unpaired) electrons. The number of hydrogen-bond acceptors (Lipinski definition) is 2. The van der Waals surface area contributed by atoms with E-state index in [9.17, 15) is 9.18 Å². The van der Waals surface area contributed by atoms with Gasteiger partial charge in [0.25, 0.3) is 0 Å². The minimum atomic E-state index is -0.319. The van der Waals surface area contributed by atoms with Gasteiger partial charge in [-0.2, -0.15) is 0 Å². The molecule has 0 saturated heterocycles. The highest BCUT2D eigenvalue weighted by Gasteiger charge is 2.11. The summed E-state index contributed by atoms with van der Waals surface area (Å²) in [4.78, 5) is 12.9. The van der Waals surface area contributed by atoms with E-state index in [2.05, 4.69) is 29.2 Å². The van der Waals surface area contributed by atoms with Crippen LogP contribution >= 0.6 is 0 Å². The van der Waals surface area contributed by atoms with Crippen molar-refractivity contribution in [3.63, 3.8) is 0 Å². The Morgan fingerprint density at radius 3 is 1.84 bits per heavy atom. The monoisotopic (exact) mass is 333 g/mol. The quantitative estimate of drug-likeness (QED) is 0.580. The Kier molecular flexibility index (Phi) is 5.57. The molecule has 0 aliphatic heterocycles. The molecule has 25 heavy (non-hydrogen) atoms. The standard InChI is InChI=1S/C22H20FNO/c23-21-13-20(11-12-25)14-22(15-21)24(16-18-7-3-1-4-8-18)17-19-9-5-2-6-10-19/h1-10,12-15H,11,16-17H2. The molecule has 2 nitrogen and oxygen atoms in total. The van der Waals surface area contributed by atoms with Crippen LogP contribution in [0.1, 0.15) is 16.7 Å². The first kappa shape index (κ1) is 16.9. The first-order valence-corrected chi connectivity index (χ1v) is 8.30. The van der Waals surface area contributed by atoms with E-state index in [4.69, 9.17) is 0 Å². The summed E-state index contributed by atoms with van der Waals surface area (Å²) < 4.78 is 14.0. The average molecular weight is 333 g/mol. The van der Waals surface area contributed by atoms with Gasteiger partial charge in [0.15, 0.2) is 0 Å². The smallest absolute Gasteiger partial charge is 0.125 e. The molecule has 3 rings (SSSR count). The zero-order valence-electron chi connectivity index (χ0n) is 13.9. The van der Waals surface area contributed by atoms with Crippen molar-refractivity contribution in [2.75, 3.05) is 4.90 Å². The molecule has 3 aromatic carbocycles. The second-order valence-electron chi connectivity index (χ2n) is 6.02. The number of carbonyl (C=O) groups excluding carboxylic acids is 1. The van der Waals surface area contributed by atoms with Gasteiger partial charge in [-0.15, -0.1) is 0 Å². The SMILES string of the molecule is O=CCc1cc(F)cc(N(Cc2ccccc2)Cc2ccccc2)c1. The zero-order valence-corrected chi connectivity index (χ0v) is 13.9. The Balaban J connectivity index is 1.93. The maximum atomic E-state index is 14.0. The Labute approximate surface area is 147 Å². The lowest BCUT2D eigenvalue weighted by Gasteiger charge is -2.26. The van der Waals surface area contributed by atoms with Crippen molar-refractivity contribution >= 4 is 12.0 Å². The fourth-order valence-electron chi connectivity index (χ4n) is 2.88. The van der Waals surface area contributed by atoms with E-state index in [0.717, 1.165) is 23.1 Å². The molecule has 0 unspecified atom stereocenters. The van der Waals surface area contributed by atoms with Crippen molar-refractivity contribution in [3.8, 4) is 0 Å². The van der Waals surface area contributed by atoms with E-state index in [1.54, 1.807) is 0 Å². The number of aldehydes is 1. The first-order chi connectivity index (χ1) is 12.2. The maximum absolute atomic E-state index is 14.0. The summed E-state index contributed by atoms with van der Waals surface area (Å²) in [5.41, 5.74) is 3.78. The minimum Gasteiger partial charge on any atom is -0.363 e. The second kappa shape index (κ2) is 8.25. The maximum Gasteiger partial charge on any atom is 0.125 e. The Morgan fingerprint density at radius 2 is 1.32 bits per heavy atom. The second-order valence-corrected chi connectivity index (χ2v) is 6.02. The van der Waals surface area contributed by atoms with Gasteiger partial charge in [-0.25, -0.2) is 4.39 Å². The summed E-state index contributed by atoms with van der Waals surface area (Å²) in [5, 5.41) is 0. The van der Waals surface area contributed by atoms with Crippen LogP contribution < -0.4 is 4.90 Å². The van der Waals surface area contributed by atoms with Gasteiger partial charge >= 0.3 is 0 Å². The summed E-state index contributed by atoms with van der Waals surface area (Å²) >= 11 is 0. The number of carbonyl (C=O) groups is 1. The highest BCUT2D eigenvalue weighted by atomic mass is 19.1. The van der Waals surface area contributed by atoms with E-state index >= 15 is 0 Å². The van der Waals surface area contributed by atoms with Crippen molar-refractivity contribution in [1.29, 1.82) is 0 Å². The molecule has 126 valence electrons. The molecule has 0 amide bonds. The molecule has 0 heterocycles. The highest BCUT2D eigenvalue weighted by Crippen LogP contribution is 2.23. The third-order valence-corrected chi connectivity index (χ3v) is 4.06. The molecule has 0 aromatic heterocycles. The summed E-state index contributed by atoms with van der Waals surface area (Å²) in [5.74, 6) is -0.319. The summed E-state index contributed by atoms with van der Waals surface area (Å²) in [7, 11) is 0. The van der Waals surface area contributed by atoms with Crippen LogP contribution in [0, 0.1) is 5.82 Å². The Bertz CT molecular complexity index is 776. The predicted molar refractivity (Wildman–Crippen MR) is 98.9 cm³/mol. The van der Waals surface area contributed by atoms with Gasteiger partial charge in [-0.3, -0.25) is 0 Å². The molecule has 0 atom stereocenters. The van der Waals surface area contributed by atoms with Gasteiger partial charge in [-0.1, -0.05) is 60.7 Å². The lowest BCUT2D eigenvalue weighted by molar-refractivity contribution is -0.107. The third kappa shape index (κ3) is 4.77. The van der Waals surface area contributed by atoms with E-state index < -0.39 is 0 Å². The van der Waals surface area contributed by atoms with E-state index in [1.807, 2.05) is 42.5 Å². The average Bonchev–Trinajstić information content (AvgIpc) is 2.63. The molecule has 0 fully saturated rings. The Hall–Kier alpha value is -2.94. The molecule has 0 aliphatic rings. The van der Waals surface area contributed by atoms with E-state index in [-0.39, 0.29) is 12.2 Å². The predicted octanol–water partition coefficient (Wildman–Crippen LogP) is 4.77. The van der Waals surface area contributed by atoms with Crippen LogP contribution in [-0.2, 0) is 24.3 Å². The van der Waals surface area contributed by atoms with Crippen molar-refractivity contribution in [1.82, 2.24) is 0 Å². The zero-order chi connectivity index (χ0) is 17.5. The fraction of sp³-hybridized carbons (Fsp3) is 0.136. The number of benzene rings is 3. The van der Waals surface area contributed by atoms with Gasteiger partial charge in [0.1, 0.15) is 12.1 Å². The topological polar surface area (TPSA) is 20.3 Å². The lowest BCUT2D eigenvalue weighted by Crippen LogP contribution is -2.22. The molecule has 3 heteroatoms. The number of hydrogen-bond donors (Lipinski definition) is 0. The summed E-state index contributed by atoms with van der Waals surface area (Å²) in [6.07, 6.45) is 1.02. The molecular formula is C22H20FNO. The van der Waals surface area contributed by atoms with Crippen LogP contribution in [0.3, 0.4) is 0 Å². The van der Waals surface area contributed by atoms with E-state index in [0.29, 0.717) is 18.7 Å². The number of anilines is 1. The van der Waals surface area contributed by atoms with Crippen molar-refractivity contribution < 1.29 is 9.18 Å². The molecule has 0 bridgehead atoms. The van der Waals surface area contributed by atoms with Crippen LogP contribution in [-0.4, -0.2) is 6.29 Å². The Morgan fingerprint density at radius 1 is 0.760 bits per heavy atom. The highest BCUT2D eigenvalue weighted by molar-refractivity contribution is 5.58. The molecule has 0 aliphatic carbocycles. The minimum absolute atomic E-state index is 0.218. The first-order valence-electron chi connectivity index (χ1n) is 8.30. The van der Waals surface area contributed by atoms with Crippen LogP contribution in [0.15, 0.2) is 78.9 Å². The van der Waals surface area contributed by atoms with Crippen LogP contribution in [0.5, 0.6) is 0 Å². The van der Waals surface area contributed by atoms with Gasteiger partial charge in [0, 0.05) is 25.2 Å².